The molecule has 0 bridgehead atoms. The number of hydrogen-bond acceptors (Lipinski definition) is 0. The molecular formula is C68H8. The van der Waals surface area contributed by atoms with Gasteiger partial charge in [0.1, 0.15) is 0 Å². The summed E-state index contributed by atoms with van der Waals surface area (Å²) in [6.07, 6.45) is 5.47. The molecule has 0 spiro atoms. The van der Waals surface area contributed by atoms with Crippen LogP contribution in [0.5, 0.6) is 0 Å². The van der Waals surface area contributed by atoms with Crippen molar-refractivity contribution in [1.82, 2.24) is 0 Å². The van der Waals surface area contributed by atoms with Gasteiger partial charge in [-0.1, -0.05) is 42.5 Å². The smallest absolute Gasteiger partial charge is 0.0520 e. The third kappa shape index (κ3) is 1.32. The second-order valence-electron chi connectivity index (χ2n) is 24.9. The third-order valence-corrected chi connectivity index (χ3v) is 24.5. The highest BCUT2D eigenvalue weighted by molar-refractivity contribution is 6.82. The molecule has 0 aliphatic heterocycles. The summed E-state index contributed by atoms with van der Waals surface area (Å²) in [5.41, 5.74) is 7.90. The molecule has 68 heavy (non-hydrogen) atoms. The summed E-state index contributed by atoms with van der Waals surface area (Å²) < 4.78 is 0. The van der Waals surface area contributed by atoms with E-state index < -0.39 is 0 Å². The number of allylic oxidation sites excluding steroid dienone is 1. The van der Waals surface area contributed by atoms with E-state index in [2.05, 4.69) is 42.5 Å². The van der Waals surface area contributed by atoms with Crippen LogP contribution in [0.25, 0.3) is 297 Å². The normalized spacial score (nSPS) is 21.1. The van der Waals surface area contributed by atoms with Crippen LogP contribution >= 0.6 is 0 Å². The van der Waals surface area contributed by atoms with E-state index in [0.29, 0.717) is 0 Å². The van der Waals surface area contributed by atoms with Gasteiger partial charge in [0.2, 0.25) is 0 Å². The average molecular weight is 825 g/mol. The Kier molecular flexibility index (Phi) is 2.07. The second kappa shape index (κ2) is 5.66. The van der Waals surface area contributed by atoms with Gasteiger partial charge in [-0.05, 0) is 319 Å². The highest BCUT2D eigenvalue weighted by Crippen LogP contribution is 2.83. The van der Waals surface area contributed by atoms with Crippen molar-refractivity contribution in [2.24, 2.45) is 0 Å². The quantitative estimate of drug-likeness (QED) is 0.152. The van der Waals surface area contributed by atoms with Crippen LogP contribution in [0.2, 0.25) is 0 Å². The number of rotatable bonds is 2. The number of benzene rings is 19. The molecule has 0 unspecified atom stereocenters. The molecule has 0 aromatic heterocycles. The fraction of sp³-hybridized carbons (Fsp3) is 0.0294. The van der Waals surface area contributed by atoms with E-state index in [0.717, 1.165) is 0 Å². The maximum atomic E-state index is 2.86. The minimum atomic E-state index is -0.318. The lowest BCUT2D eigenvalue weighted by molar-refractivity contribution is 0.591. The molecule has 0 amide bonds. The molecule has 29 aromatic rings. The monoisotopic (exact) mass is 824 g/mol. The zero-order valence-electron chi connectivity index (χ0n) is 34.6. The predicted molar refractivity (Wildman–Crippen MR) is 290 cm³/mol. The van der Waals surface area contributed by atoms with Crippen molar-refractivity contribution < 1.29 is 0 Å². The highest BCUT2D eigenvalue weighted by atomic mass is 14.6. The van der Waals surface area contributed by atoms with Crippen LogP contribution in [0.4, 0.5) is 0 Å². The highest BCUT2D eigenvalue weighted by Gasteiger charge is 2.62. The Hall–Kier alpha value is -8.58. The van der Waals surface area contributed by atoms with E-state index >= 15 is 0 Å². The molecule has 0 heteroatoms. The van der Waals surface area contributed by atoms with Crippen LogP contribution in [0.15, 0.2) is 36.4 Å². The molecule has 280 valence electrons. The van der Waals surface area contributed by atoms with Crippen molar-refractivity contribution >= 4 is 297 Å². The summed E-state index contributed by atoms with van der Waals surface area (Å²) in [5, 5.41) is 89.9. The van der Waals surface area contributed by atoms with E-state index in [-0.39, 0.29) is 11.3 Å². The van der Waals surface area contributed by atoms with Crippen LogP contribution in [0.3, 0.4) is 0 Å². The van der Waals surface area contributed by atoms with Gasteiger partial charge in [-0.2, -0.15) is 0 Å². The topological polar surface area (TPSA) is 0 Å². The fourth-order valence-corrected chi connectivity index (χ4v) is 24.3. The zero-order chi connectivity index (χ0) is 40.1. The van der Waals surface area contributed by atoms with Gasteiger partial charge < -0.3 is 0 Å². The number of hydrogen-bond donors (Lipinski definition) is 0. The fourth-order valence-electron chi connectivity index (χ4n) is 24.3. The first-order valence-corrected chi connectivity index (χ1v) is 25.4. The molecule has 0 saturated heterocycles. The maximum Gasteiger partial charge on any atom is 0.0520 e. The predicted octanol–water partition coefficient (Wildman–Crippen LogP) is 18.9. The molecule has 0 nitrogen and oxygen atoms in total. The van der Waals surface area contributed by atoms with E-state index in [9.17, 15) is 0 Å². The van der Waals surface area contributed by atoms with Gasteiger partial charge in [0.15, 0.2) is 0 Å². The molecule has 4 aliphatic rings. The second-order valence-corrected chi connectivity index (χ2v) is 24.9. The van der Waals surface area contributed by atoms with Gasteiger partial charge in [-0.15, -0.1) is 0 Å². The van der Waals surface area contributed by atoms with Crippen LogP contribution in [-0.4, -0.2) is 0 Å². The van der Waals surface area contributed by atoms with Crippen LogP contribution in [0.1, 0.15) is 33.7 Å². The van der Waals surface area contributed by atoms with E-state index in [1.54, 1.807) is 313 Å². The first-order chi connectivity index (χ1) is 33.9. The first kappa shape index (κ1) is 24.8. The van der Waals surface area contributed by atoms with Crippen LogP contribution in [0, 0.1) is 0 Å². The molecule has 0 fully saturated rings. The Morgan fingerprint density at radius 3 is 0.662 bits per heavy atom. The third-order valence-electron chi connectivity index (χ3n) is 24.5. The molecule has 0 N–H and O–H groups in total. The van der Waals surface area contributed by atoms with E-state index in [1.165, 1.54) is 5.56 Å². The Labute approximate surface area is 370 Å². The van der Waals surface area contributed by atoms with Crippen molar-refractivity contribution in [1.29, 1.82) is 0 Å². The minimum Gasteiger partial charge on any atom is -0.0680 e. The lowest BCUT2D eigenvalue weighted by atomic mass is 9.57. The summed E-state index contributed by atoms with van der Waals surface area (Å²) in [6.45, 7) is 0. The molecule has 0 radical (unpaired) electrons. The van der Waals surface area contributed by atoms with Crippen molar-refractivity contribution in [3.63, 3.8) is 0 Å². The van der Waals surface area contributed by atoms with Crippen molar-refractivity contribution in [3.8, 4) is 0 Å². The Morgan fingerprint density at radius 2 is 0.412 bits per heavy atom. The average Bonchev–Trinajstić information content (AvgIpc) is 4.21. The summed E-state index contributed by atoms with van der Waals surface area (Å²) in [7, 11) is 0. The van der Waals surface area contributed by atoms with Crippen LogP contribution in [-0.2, 0) is 5.41 Å². The molecule has 33 rings (SSSR count). The van der Waals surface area contributed by atoms with E-state index in [4.69, 9.17) is 0 Å². The molecule has 29 aromatic carbocycles. The van der Waals surface area contributed by atoms with Crippen molar-refractivity contribution in [2.75, 3.05) is 0 Å². The summed E-state index contributed by atoms with van der Waals surface area (Å²) in [4.78, 5) is 0. The maximum absolute atomic E-state index is 2.86. The Bertz CT molecular complexity index is 7060. The lowest BCUT2D eigenvalue weighted by Gasteiger charge is -2.43. The van der Waals surface area contributed by atoms with Gasteiger partial charge in [0, 0.05) is 5.92 Å². The van der Waals surface area contributed by atoms with Gasteiger partial charge in [0.05, 0.1) is 5.41 Å². The van der Waals surface area contributed by atoms with Crippen LogP contribution < -0.4 is 0 Å². The van der Waals surface area contributed by atoms with Crippen molar-refractivity contribution in [3.05, 3.63) is 64.2 Å². The summed E-state index contributed by atoms with van der Waals surface area (Å²) in [6, 6.07) is 11.4. The first-order valence-electron chi connectivity index (χ1n) is 25.4. The largest absolute Gasteiger partial charge is 0.0680 e. The zero-order valence-corrected chi connectivity index (χ0v) is 34.6. The van der Waals surface area contributed by atoms with Gasteiger partial charge >= 0.3 is 0 Å². The van der Waals surface area contributed by atoms with Gasteiger partial charge in [-0.3, -0.25) is 0 Å². The van der Waals surface area contributed by atoms with Gasteiger partial charge in [-0.25, -0.2) is 0 Å². The molecule has 0 saturated carbocycles. The Morgan fingerprint density at radius 1 is 0.221 bits per heavy atom. The molecule has 0 heterocycles. The molecule has 0 atom stereocenters. The molecular weight excluding hydrogens is 817 g/mol. The van der Waals surface area contributed by atoms with Crippen molar-refractivity contribution in [2.45, 2.75) is 11.3 Å². The summed E-state index contributed by atoms with van der Waals surface area (Å²) >= 11 is 0. The lowest BCUT2D eigenvalue weighted by Crippen LogP contribution is -2.35. The SMILES string of the molecule is C(=C\C12c3c4c5c6c7c8c(c9c%10c1c1c3c3c%11c4c4c5c5c7c7c%12c8c8c9c9c%10c%10c1c1c3c3c%11c%11c4c4c5c7c5c7c%12c8c8c9c9c%10c1c1c3c3c%11c4c5c4c7c8c9c1c34)C62)/c1ccccc1. The van der Waals surface area contributed by atoms with Gasteiger partial charge in [0.25, 0.3) is 0 Å². The summed E-state index contributed by atoms with van der Waals surface area (Å²) in [5.74, 6) is 0.244. The Balaban J connectivity index is 1.20. The van der Waals surface area contributed by atoms with E-state index in [1.807, 2.05) is 0 Å². The molecule has 4 aliphatic carbocycles. The minimum absolute atomic E-state index is 0.244. The standard InChI is InChI=1S/C68H8/c1-2-4-8(5-3-1)6-7-68-65-61-55-41-33-25-13-10-9-11-14(13)26-28-24-18(11)20-16-12(9)15-19-17(10)23-27(25)39(41)47-45-31(23)29(19)37-35-21(15)22(16)36-38-30(20)32(24)46-48-40(28)42(34(26)33)56(55)62(65)58(48)60-52(46)50(38)54-44(36)43(35)53-49(37)51(45)59(57(47)61)66(68)63(53)64(54)67(60)68/h1-7,65H/b7-6+.